The van der Waals surface area contributed by atoms with Gasteiger partial charge in [0.1, 0.15) is 23.9 Å². The second-order valence-corrected chi connectivity index (χ2v) is 7.54. The molecule has 0 atom stereocenters. The predicted octanol–water partition coefficient (Wildman–Crippen LogP) is 7.28. The number of anilines is 2. The molecule has 0 heterocycles. The summed E-state index contributed by atoms with van der Waals surface area (Å²) in [5.41, 5.74) is 2.51. The van der Waals surface area contributed by atoms with Gasteiger partial charge in [0.2, 0.25) is 0 Å². The number of hydrogen-bond donors (Lipinski definition) is 1. The van der Waals surface area contributed by atoms with Crippen LogP contribution < -0.4 is 19.7 Å². The molecular weight excluding hydrogens is 424 g/mol. The lowest BCUT2D eigenvalue weighted by Gasteiger charge is -2.22. The monoisotopic (exact) mass is 450 g/mol. The normalized spacial score (nSPS) is 10.2. The summed E-state index contributed by atoms with van der Waals surface area (Å²) in [6, 6.07) is 34.0. The van der Waals surface area contributed by atoms with Crippen molar-refractivity contribution in [2.24, 2.45) is 0 Å². The summed E-state index contributed by atoms with van der Waals surface area (Å²) in [5, 5.41) is 2.93. The topological polar surface area (TPSA) is 50.8 Å². The lowest BCUT2D eigenvalue weighted by molar-refractivity contribution is 0.257. The first-order chi connectivity index (χ1) is 16.7. The average molecular weight is 451 g/mol. The summed E-state index contributed by atoms with van der Waals surface area (Å²) < 4.78 is 11.7. The molecule has 0 aliphatic heterocycles. The quantitative estimate of drug-likeness (QED) is 0.273. The highest BCUT2D eigenvalue weighted by Crippen LogP contribution is 2.24. The lowest BCUT2D eigenvalue weighted by atomic mass is 10.2. The van der Waals surface area contributed by atoms with E-state index in [9.17, 15) is 4.79 Å². The van der Waals surface area contributed by atoms with Gasteiger partial charge in [-0.3, -0.25) is 4.90 Å². The number of carbonyl (C=O) groups excluding carboxylic acids is 1. The molecule has 0 aliphatic carbocycles. The highest BCUT2D eigenvalue weighted by atomic mass is 16.5. The molecule has 170 valence electrons. The van der Waals surface area contributed by atoms with Crippen molar-refractivity contribution in [3.8, 4) is 17.2 Å². The zero-order chi connectivity index (χ0) is 23.6. The van der Waals surface area contributed by atoms with Crippen LogP contribution in [0.4, 0.5) is 16.2 Å². The molecule has 4 aromatic carbocycles. The van der Waals surface area contributed by atoms with Crippen LogP contribution in [0.2, 0.25) is 0 Å². The summed E-state index contributed by atoms with van der Waals surface area (Å²) >= 11 is 0. The average Bonchev–Trinajstić information content (AvgIpc) is 2.89. The van der Waals surface area contributed by atoms with Gasteiger partial charge in [-0.25, -0.2) is 4.79 Å². The molecule has 0 unspecified atom stereocenters. The smallest absolute Gasteiger partial charge is 0.326 e. The second-order valence-electron chi connectivity index (χ2n) is 7.54. The number of para-hydroxylation sites is 1. The molecule has 0 bridgehead atoms. The Morgan fingerprint density at radius 1 is 0.765 bits per heavy atom. The van der Waals surface area contributed by atoms with Crippen LogP contribution in [0.5, 0.6) is 17.2 Å². The molecule has 0 saturated carbocycles. The van der Waals surface area contributed by atoms with Crippen LogP contribution >= 0.6 is 0 Å². The molecule has 4 aromatic rings. The van der Waals surface area contributed by atoms with E-state index in [-0.39, 0.29) is 6.03 Å². The van der Waals surface area contributed by atoms with Crippen molar-refractivity contribution < 1.29 is 14.3 Å². The number of hydrogen-bond acceptors (Lipinski definition) is 3. The van der Waals surface area contributed by atoms with Crippen LogP contribution in [0.25, 0.3) is 0 Å². The molecule has 5 heteroatoms. The molecule has 0 aromatic heterocycles. The van der Waals surface area contributed by atoms with E-state index in [0.29, 0.717) is 24.6 Å². The maximum absolute atomic E-state index is 13.0. The van der Waals surface area contributed by atoms with Crippen molar-refractivity contribution in [3.63, 3.8) is 0 Å². The molecule has 0 fully saturated rings. The van der Waals surface area contributed by atoms with Gasteiger partial charge in [-0.15, -0.1) is 6.58 Å². The number of amides is 2. The fourth-order valence-electron chi connectivity index (χ4n) is 3.32. The first-order valence-electron chi connectivity index (χ1n) is 11.0. The molecular formula is C29H26N2O3. The molecule has 0 saturated heterocycles. The van der Waals surface area contributed by atoms with Crippen LogP contribution in [-0.2, 0) is 6.61 Å². The highest BCUT2D eigenvalue weighted by Gasteiger charge is 2.15. The molecule has 0 aliphatic rings. The van der Waals surface area contributed by atoms with E-state index >= 15 is 0 Å². The third-order valence-electron chi connectivity index (χ3n) is 5.04. The first-order valence-corrected chi connectivity index (χ1v) is 11.0. The summed E-state index contributed by atoms with van der Waals surface area (Å²) in [6.07, 6.45) is 1.69. The minimum absolute atomic E-state index is 0.255. The van der Waals surface area contributed by atoms with E-state index in [1.54, 1.807) is 11.0 Å². The maximum atomic E-state index is 13.0. The van der Waals surface area contributed by atoms with Crippen molar-refractivity contribution >= 4 is 17.4 Å². The van der Waals surface area contributed by atoms with Gasteiger partial charge in [-0.2, -0.15) is 0 Å². The predicted molar refractivity (Wildman–Crippen MR) is 137 cm³/mol. The second kappa shape index (κ2) is 11.4. The van der Waals surface area contributed by atoms with Crippen molar-refractivity contribution in [2.45, 2.75) is 6.61 Å². The van der Waals surface area contributed by atoms with Crippen LogP contribution in [-0.4, -0.2) is 12.6 Å². The molecule has 1 N–H and O–H groups in total. The largest absolute Gasteiger partial charge is 0.489 e. The number of urea groups is 1. The zero-order valence-corrected chi connectivity index (χ0v) is 18.8. The van der Waals surface area contributed by atoms with Crippen molar-refractivity contribution in [1.29, 1.82) is 0 Å². The Balaban J connectivity index is 1.37. The van der Waals surface area contributed by atoms with E-state index in [1.165, 1.54) is 0 Å². The Kier molecular flexibility index (Phi) is 7.59. The van der Waals surface area contributed by atoms with Gasteiger partial charge in [0, 0.05) is 17.9 Å². The molecule has 2 amide bonds. The van der Waals surface area contributed by atoms with Gasteiger partial charge in [-0.05, 0) is 66.2 Å². The van der Waals surface area contributed by atoms with Crippen molar-refractivity contribution in [1.82, 2.24) is 0 Å². The third-order valence-corrected chi connectivity index (χ3v) is 5.04. The van der Waals surface area contributed by atoms with Crippen LogP contribution in [0.3, 0.4) is 0 Å². The third kappa shape index (κ3) is 6.26. The Morgan fingerprint density at radius 2 is 1.35 bits per heavy atom. The van der Waals surface area contributed by atoms with E-state index < -0.39 is 0 Å². The molecule has 5 nitrogen and oxygen atoms in total. The van der Waals surface area contributed by atoms with Crippen molar-refractivity contribution in [3.05, 3.63) is 127 Å². The number of nitrogens with zero attached hydrogens (tertiary/aromatic N) is 1. The van der Waals surface area contributed by atoms with Gasteiger partial charge in [0.05, 0.1) is 0 Å². The summed E-state index contributed by atoms with van der Waals surface area (Å²) in [7, 11) is 0. The van der Waals surface area contributed by atoms with Gasteiger partial charge >= 0.3 is 6.03 Å². The van der Waals surface area contributed by atoms with Gasteiger partial charge in [0.15, 0.2) is 0 Å². The number of rotatable bonds is 9. The molecule has 0 radical (unpaired) electrons. The van der Waals surface area contributed by atoms with Gasteiger partial charge < -0.3 is 14.8 Å². The van der Waals surface area contributed by atoms with E-state index in [1.807, 2.05) is 109 Å². The minimum atomic E-state index is -0.255. The molecule has 34 heavy (non-hydrogen) atoms. The fourth-order valence-corrected chi connectivity index (χ4v) is 3.32. The minimum Gasteiger partial charge on any atom is -0.489 e. The van der Waals surface area contributed by atoms with Crippen LogP contribution in [0.1, 0.15) is 5.56 Å². The van der Waals surface area contributed by atoms with Gasteiger partial charge in [-0.1, -0.05) is 54.6 Å². The molecule has 4 rings (SSSR count). The number of nitrogens with one attached hydrogen (secondary N) is 1. The number of ether oxygens (including phenoxy) is 2. The summed E-state index contributed by atoms with van der Waals surface area (Å²) in [4.78, 5) is 14.6. The Labute approximate surface area is 199 Å². The SMILES string of the molecule is C=CCN(C(=O)Nc1ccc(Oc2ccccc2)cc1)c1ccc(OCc2ccccc2)cc1. The lowest BCUT2D eigenvalue weighted by Crippen LogP contribution is -2.35. The van der Waals surface area contributed by atoms with Crippen LogP contribution in [0, 0.1) is 0 Å². The first kappa shape index (κ1) is 22.7. The van der Waals surface area contributed by atoms with Gasteiger partial charge in [0.25, 0.3) is 0 Å². The highest BCUT2D eigenvalue weighted by molar-refractivity contribution is 6.02. The van der Waals surface area contributed by atoms with E-state index in [4.69, 9.17) is 9.47 Å². The van der Waals surface area contributed by atoms with Crippen molar-refractivity contribution in [2.75, 3.05) is 16.8 Å². The standard InChI is InChI=1S/C29H26N2O3/c1-2-21-31(25-15-19-26(20-16-25)33-22-23-9-5-3-6-10-23)29(32)30-24-13-17-28(18-14-24)34-27-11-7-4-8-12-27/h2-20H,1,21-22H2,(H,30,32). The Morgan fingerprint density at radius 3 is 2.00 bits per heavy atom. The summed E-state index contributed by atoms with van der Waals surface area (Å²) in [5.74, 6) is 2.19. The van der Waals surface area contributed by atoms with E-state index in [0.717, 1.165) is 22.7 Å². The van der Waals surface area contributed by atoms with Crippen LogP contribution in [0.15, 0.2) is 122 Å². The van der Waals surface area contributed by atoms with E-state index in [2.05, 4.69) is 11.9 Å². The summed E-state index contributed by atoms with van der Waals surface area (Å²) in [6.45, 7) is 4.64. The Hall–Kier alpha value is -4.51. The zero-order valence-electron chi connectivity index (χ0n) is 18.8. The Bertz CT molecular complexity index is 1190. The maximum Gasteiger partial charge on any atom is 0.326 e. The number of benzene rings is 4. The number of carbonyl (C=O) groups is 1. The molecule has 0 spiro atoms. The fraction of sp³-hybridized carbons (Fsp3) is 0.0690.